The van der Waals surface area contributed by atoms with Gasteiger partial charge in [0.2, 0.25) is 0 Å². The predicted molar refractivity (Wildman–Crippen MR) is 127 cm³/mol. The summed E-state index contributed by atoms with van der Waals surface area (Å²) in [5.41, 5.74) is 0.775. The zero-order chi connectivity index (χ0) is 22.3. The largest absolute Gasteiger partial charge is 0.492 e. The first kappa shape index (κ1) is 22.8. The standard InChI is InChI=1S/C23H26ClN3O4S/c1-2-30-19-4-3-5-20-22(19)25-23(32-20)27(11-10-26-12-14-29-15-13-26)21(28)16-31-18-8-6-17(24)7-9-18/h3-9H,2,10-16H2,1H3. The van der Waals surface area contributed by atoms with Crippen molar-refractivity contribution in [2.45, 2.75) is 6.92 Å². The van der Waals surface area contributed by atoms with E-state index in [9.17, 15) is 4.79 Å². The van der Waals surface area contributed by atoms with Gasteiger partial charge in [0.1, 0.15) is 17.0 Å². The third-order valence-electron chi connectivity index (χ3n) is 5.12. The lowest BCUT2D eigenvalue weighted by Crippen LogP contribution is -2.44. The predicted octanol–water partition coefficient (Wildman–Crippen LogP) is 4.09. The second-order valence-electron chi connectivity index (χ2n) is 7.27. The number of thiazole rings is 1. The number of benzene rings is 2. The Morgan fingerprint density at radius 1 is 1.19 bits per heavy atom. The molecular weight excluding hydrogens is 450 g/mol. The third kappa shape index (κ3) is 5.69. The highest BCUT2D eigenvalue weighted by Gasteiger charge is 2.23. The molecule has 0 bridgehead atoms. The van der Waals surface area contributed by atoms with E-state index in [0.717, 1.165) is 35.6 Å². The van der Waals surface area contributed by atoms with Gasteiger partial charge in [0.05, 0.1) is 24.5 Å². The van der Waals surface area contributed by atoms with Crippen molar-refractivity contribution in [2.24, 2.45) is 0 Å². The van der Waals surface area contributed by atoms with Crippen LogP contribution in [0.25, 0.3) is 10.2 Å². The maximum atomic E-state index is 13.2. The van der Waals surface area contributed by atoms with E-state index in [4.69, 9.17) is 30.8 Å². The van der Waals surface area contributed by atoms with E-state index in [1.807, 2.05) is 25.1 Å². The Hall–Kier alpha value is -2.39. The minimum Gasteiger partial charge on any atom is -0.492 e. The molecule has 1 amide bonds. The molecule has 0 N–H and O–H groups in total. The van der Waals surface area contributed by atoms with Crippen LogP contribution in [0.4, 0.5) is 5.13 Å². The molecule has 9 heteroatoms. The van der Waals surface area contributed by atoms with Crippen molar-refractivity contribution >= 4 is 44.2 Å². The number of morpholine rings is 1. The molecule has 1 fully saturated rings. The van der Waals surface area contributed by atoms with Gasteiger partial charge in [-0.05, 0) is 43.3 Å². The summed E-state index contributed by atoms with van der Waals surface area (Å²) in [6, 6.07) is 12.8. The first-order chi connectivity index (χ1) is 15.6. The van der Waals surface area contributed by atoms with Crippen LogP contribution in [0.5, 0.6) is 11.5 Å². The first-order valence-corrected chi connectivity index (χ1v) is 11.8. The summed E-state index contributed by atoms with van der Waals surface area (Å²) in [4.78, 5) is 22.0. The zero-order valence-corrected chi connectivity index (χ0v) is 19.5. The van der Waals surface area contributed by atoms with Gasteiger partial charge in [-0.25, -0.2) is 4.98 Å². The lowest BCUT2D eigenvalue weighted by molar-refractivity contribution is -0.120. The maximum Gasteiger partial charge on any atom is 0.266 e. The van der Waals surface area contributed by atoms with Crippen molar-refractivity contribution in [1.82, 2.24) is 9.88 Å². The number of anilines is 1. The molecule has 0 atom stereocenters. The van der Waals surface area contributed by atoms with Gasteiger partial charge in [-0.3, -0.25) is 14.6 Å². The molecule has 1 aliphatic heterocycles. The van der Waals surface area contributed by atoms with E-state index >= 15 is 0 Å². The van der Waals surface area contributed by atoms with Gasteiger partial charge in [0.15, 0.2) is 11.7 Å². The topological polar surface area (TPSA) is 64.1 Å². The number of aromatic nitrogens is 1. The second-order valence-corrected chi connectivity index (χ2v) is 8.72. The van der Waals surface area contributed by atoms with Crippen LogP contribution >= 0.6 is 22.9 Å². The summed E-state index contributed by atoms with van der Waals surface area (Å²) >= 11 is 7.41. The summed E-state index contributed by atoms with van der Waals surface area (Å²) in [5, 5.41) is 1.26. The SMILES string of the molecule is CCOc1cccc2sc(N(CCN3CCOCC3)C(=O)COc3ccc(Cl)cc3)nc12. The number of carbonyl (C=O) groups excluding carboxylic acids is 1. The van der Waals surface area contributed by atoms with Crippen LogP contribution in [0.1, 0.15) is 6.92 Å². The van der Waals surface area contributed by atoms with Gasteiger partial charge in [-0.2, -0.15) is 0 Å². The number of rotatable bonds is 9. The number of hydrogen-bond acceptors (Lipinski definition) is 7. The van der Waals surface area contributed by atoms with Crippen LogP contribution in [-0.2, 0) is 9.53 Å². The van der Waals surface area contributed by atoms with Gasteiger partial charge in [-0.1, -0.05) is 29.0 Å². The summed E-state index contributed by atoms with van der Waals surface area (Å²) in [6.07, 6.45) is 0. The molecule has 1 aromatic heterocycles. The monoisotopic (exact) mass is 475 g/mol. The van der Waals surface area contributed by atoms with Crippen molar-refractivity contribution in [3.8, 4) is 11.5 Å². The Kier molecular flexibility index (Phi) is 7.81. The Labute approximate surface area is 196 Å². The second kappa shape index (κ2) is 11.0. The van der Waals surface area contributed by atoms with E-state index in [1.165, 1.54) is 11.3 Å². The molecule has 0 spiro atoms. The summed E-state index contributed by atoms with van der Waals surface area (Å²) in [5.74, 6) is 1.18. The lowest BCUT2D eigenvalue weighted by Gasteiger charge is -2.29. The Morgan fingerprint density at radius 2 is 1.97 bits per heavy atom. The number of hydrogen-bond donors (Lipinski definition) is 0. The smallest absolute Gasteiger partial charge is 0.266 e. The normalized spacial score (nSPS) is 14.4. The number of nitrogens with zero attached hydrogens (tertiary/aromatic N) is 3. The highest BCUT2D eigenvalue weighted by Crippen LogP contribution is 2.34. The van der Waals surface area contributed by atoms with Gasteiger partial charge in [0.25, 0.3) is 5.91 Å². The first-order valence-electron chi connectivity index (χ1n) is 10.6. The summed E-state index contributed by atoms with van der Waals surface area (Å²) in [7, 11) is 0. The minimum atomic E-state index is -0.148. The van der Waals surface area contributed by atoms with E-state index in [-0.39, 0.29) is 12.5 Å². The molecule has 7 nitrogen and oxygen atoms in total. The Bertz CT molecular complexity index is 1040. The zero-order valence-electron chi connectivity index (χ0n) is 18.0. The average Bonchev–Trinajstić information content (AvgIpc) is 3.25. The number of halogens is 1. The van der Waals surface area contributed by atoms with E-state index in [0.29, 0.717) is 42.3 Å². The molecule has 2 heterocycles. The molecule has 32 heavy (non-hydrogen) atoms. The molecule has 4 rings (SSSR count). The van der Waals surface area contributed by atoms with Crippen molar-refractivity contribution in [2.75, 3.05) is 57.5 Å². The number of ether oxygens (including phenoxy) is 3. The van der Waals surface area contributed by atoms with Crippen LogP contribution in [0, 0.1) is 0 Å². The third-order valence-corrected chi connectivity index (χ3v) is 6.42. The number of fused-ring (bicyclic) bond motifs is 1. The van der Waals surface area contributed by atoms with Crippen molar-refractivity contribution in [3.05, 3.63) is 47.5 Å². The fourth-order valence-electron chi connectivity index (χ4n) is 3.45. The molecule has 0 unspecified atom stereocenters. The minimum absolute atomic E-state index is 0.0843. The van der Waals surface area contributed by atoms with Gasteiger partial charge in [-0.15, -0.1) is 0 Å². The number of amides is 1. The molecule has 0 radical (unpaired) electrons. The molecule has 1 saturated heterocycles. The number of para-hydroxylation sites is 1. The van der Waals surface area contributed by atoms with Gasteiger partial charge < -0.3 is 14.2 Å². The maximum absolute atomic E-state index is 13.2. The van der Waals surface area contributed by atoms with Crippen LogP contribution in [-0.4, -0.2) is 68.4 Å². The van der Waals surface area contributed by atoms with Crippen LogP contribution in [0.15, 0.2) is 42.5 Å². The molecule has 1 aliphatic rings. The Balaban J connectivity index is 1.53. The Morgan fingerprint density at radius 3 is 2.72 bits per heavy atom. The summed E-state index contributed by atoms with van der Waals surface area (Å²) < 4.78 is 17.9. The van der Waals surface area contributed by atoms with E-state index < -0.39 is 0 Å². The molecule has 170 valence electrons. The highest BCUT2D eigenvalue weighted by molar-refractivity contribution is 7.22. The summed E-state index contributed by atoms with van der Waals surface area (Å²) in [6.45, 7) is 6.82. The molecule has 0 aliphatic carbocycles. The fraction of sp³-hybridized carbons (Fsp3) is 0.391. The molecule has 0 saturated carbocycles. The molecular formula is C23H26ClN3O4S. The highest BCUT2D eigenvalue weighted by atomic mass is 35.5. The van der Waals surface area contributed by atoms with E-state index in [2.05, 4.69) is 4.90 Å². The van der Waals surface area contributed by atoms with Gasteiger partial charge >= 0.3 is 0 Å². The quantitative estimate of drug-likeness (QED) is 0.464. The van der Waals surface area contributed by atoms with Crippen LogP contribution in [0.2, 0.25) is 5.02 Å². The van der Waals surface area contributed by atoms with Crippen LogP contribution < -0.4 is 14.4 Å². The average molecular weight is 476 g/mol. The van der Waals surface area contributed by atoms with E-state index in [1.54, 1.807) is 29.2 Å². The number of carbonyl (C=O) groups is 1. The van der Waals surface area contributed by atoms with Crippen molar-refractivity contribution < 1.29 is 19.0 Å². The van der Waals surface area contributed by atoms with Crippen molar-refractivity contribution in [3.63, 3.8) is 0 Å². The van der Waals surface area contributed by atoms with Crippen molar-refractivity contribution in [1.29, 1.82) is 0 Å². The molecule has 2 aromatic carbocycles. The lowest BCUT2D eigenvalue weighted by atomic mass is 10.3. The van der Waals surface area contributed by atoms with Crippen LogP contribution in [0.3, 0.4) is 0 Å². The fourth-order valence-corrected chi connectivity index (χ4v) is 4.60. The molecule has 3 aromatic rings. The van der Waals surface area contributed by atoms with Gasteiger partial charge in [0, 0.05) is 31.2 Å².